The SMILES string of the molecule is Cc1c(/C=C2/C(=O)NN(c3ccccc3)C2=O)c2ccccc2n1CC(=O)Nc1cccc(F)c1. The van der Waals surface area contributed by atoms with Gasteiger partial charge in [-0.3, -0.25) is 19.8 Å². The highest BCUT2D eigenvalue weighted by Crippen LogP contribution is 2.30. The first-order valence-electron chi connectivity index (χ1n) is 11.0. The predicted molar refractivity (Wildman–Crippen MR) is 132 cm³/mol. The van der Waals surface area contributed by atoms with Crippen LogP contribution in [-0.2, 0) is 20.9 Å². The Kier molecular flexibility index (Phi) is 5.62. The second kappa shape index (κ2) is 8.90. The minimum atomic E-state index is -0.501. The maximum Gasteiger partial charge on any atom is 0.282 e. The van der Waals surface area contributed by atoms with Gasteiger partial charge in [0.1, 0.15) is 17.9 Å². The fourth-order valence-electron chi connectivity index (χ4n) is 4.21. The van der Waals surface area contributed by atoms with Crippen LogP contribution >= 0.6 is 0 Å². The van der Waals surface area contributed by atoms with Gasteiger partial charge in [-0.25, -0.2) is 9.40 Å². The van der Waals surface area contributed by atoms with E-state index in [0.29, 0.717) is 22.6 Å². The standard InChI is InChI=1S/C27H21FN4O3/c1-17-22(15-23-26(34)30-32(27(23)35)20-10-3-2-4-11-20)21-12-5-6-13-24(21)31(17)16-25(33)29-19-9-7-8-18(28)14-19/h2-15H,16H2,1H3,(H,29,33)(H,30,34)/b23-15-. The molecule has 4 aromatic rings. The van der Waals surface area contributed by atoms with Crippen LogP contribution in [0.1, 0.15) is 11.3 Å². The third kappa shape index (κ3) is 4.17. The van der Waals surface area contributed by atoms with Gasteiger partial charge in [-0.2, -0.15) is 0 Å². The lowest BCUT2D eigenvalue weighted by Gasteiger charge is -2.13. The molecule has 174 valence electrons. The third-order valence-electron chi connectivity index (χ3n) is 5.88. The number of carbonyl (C=O) groups is 3. The maximum absolute atomic E-state index is 13.5. The van der Waals surface area contributed by atoms with Crippen molar-refractivity contribution in [2.75, 3.05) is 10.3 Å². The molecule has 1 aliphatic heterocycles. The zero-order chi connectivity index (χ0) is 24.5. The number of hydrazine groups is 1. The van der Waals surface area contributed by atoms with Crippen molar-refractivity contribution < 1.29 is 18.8 Å². The average molecular weight is 468 g/mol. The van der Waals surface area contributed by atoms with E-state index < -0.39 is 17.6 Å². The zero-order valence-electron chi connectivity index (χ0n) is 18.8. The van der Waals surface area contributed by atoms with Gasteiger partial charge < -0.3 is 9.88 Å². The molecule has 0 unspecified atom stereocenters. The molecule has 35 heavy (non-hydrogen) atoms. The molecular formula is C27H21FN4O3. The van der Waals surface area contributed by atoms with Gasteiger partial charge in [0, 0.05) is 27.8 Å². The summed E-state index contributed by atoms with van der Waals surface area (Å²) in [6.07, 6.45) is 1.57. The molecule has 1 aromatic heterocycles. The number of amides is 3. The van der Waals surface area contributed by atoms with Crippen LogP contribution in [-0.4, -0.2) is 22.3 Å². The Bertz CT molecular complexity index is 1510. The molecule has 5 rings (SSSR count). The number of aromatic nitrogens is 1. The number of hydrogen-bond acceptors (Lipinski definition) is 3. The van der Waals surface area contributed by atoms with Crippen LogP contribution < -0.4 is 15.8 Å². The molecule has 8 heteroatoms. The van der Waals surface area contributed by atoms with Crippen molar-refractivity contribution in [1.29, 1.82) is 0 Å². The highest BCUT2D eigenvalue weighted by atomic mass is 19.1. The second-order valence-electron chi connectivity index (χ2n) is 8.14. The van der Waals surface area contributed by atoms with Crippen molar-refractivity contribution in [2.24, 2.45) is 0 Å². The van der Waals surface area contributed by atoms with Crippen LogP contribution in [0.4, 0.5) is 15.8 Å². The zero-order valence-corrected chi connectivity index (χ0v) is 18.8. The van der Waals surface area contributed by atoms with E-state index in [1.165, 1.54) is 23.2 Å². The molecule has 3 aromatic carbocycles. The monoisotopic (exact) mass is 468 g/mol. The molecule has 2 N–H and O–H groups in total. The van der Waals surface area contributed by atoms with Crippen LogP contribution in [0.3, 0.4) is 0 Å². The maximum atomic E-state index is 13.5. The van der Waals surface area contributed by atoms with E-state index in [2.05, 4.69) is 10.7 Å². The number of nitrogens with zero attached hydrogens (tertiary/aromatic N) is 2. The van der Waals surface area contributed by atoms with Gasteiger partial charge in [0.25, 0.3) is 11.8 Å². The van der Waals surface area contributed by atoms with Gasteiger partial charge in [-0.05, 0) is 49.4 Å². The molecule has 3 amide bonds. The topological polar surface area (TPSA) is 83.4 Å². The summed E-state index contributed by atoms with van der Waals surface area (Å²) in [6.45, 7) is 1.80. The number of para-hydroxylation sites is 2. The van der Waals surface area contributed by atoms with Gasteiger partial charge in [0.15, 0.2) is 0 Å². The summed E-state index contributed by atoms with van der Waals surface area (Å²) in [5.41, 5.74) is 5.69. The molecule has 0 aliphatic carbocycles. The smallest absolute Gasteiger partial charge is 0.282 e. The van der Waals surface area contributed by atoms with Crippen LogP contribution in [0, 0.1) is 12.7 Å². The molecule has 7 nitrogen and oxygen atoms in total. The Morgan fingerprint density at radius 3 is 2.51 bits per heavy atom. The number of halogens is 1. The molecular weight excluding hydrogens is 447 g/mol. The summed E-state index contributed by atoms with van der Waals surface area (Å²) < 4.78 is 15.3. The van der Waals surface area contributed by atoms with Crippen molar-refractivity contribution in [2.45, 2.75) is 13.5 Å². The molecule has 1 saturated heterocycles. The second-order valence-corrected chi connectivity index (χ2v) is 8.14. The van der Waals surface area contributed by atoms with Crippen LogP contribution in [0.25, 0.3) is 17.0 Å². The Morgan fingerprint density at radius 2 is 1.74 bits per heavy atom. The highest BCUT2D eigenvalue weighted by molar-refractivity contribution is 6.32. The molecule has 1 fully saturated rings. The summed E-state index contributed by atoms with van der Waals surface area (Å²) in [4.78, 5) is 38.5. The lowest BCUT2D eigenvalue weighted by Crippen LogP contribution is -2.35. The Morgan fingerprint density at radius 1 is 1.00 bits per heavy atom. The summed E-state index contributed by atoms with van der Waals surface area (Å²) in [5, 5.41) is 4.72. The lowest BCUT2D eigenvalue weighted by atomic mass is 10.1. The van der Waals surface area contributed by atoms with Crippen molar-refractivity contribution >= 4 is 46.1 Å². The van der Waals surface area contributed by atoms with E-state index in [0.717, 1.165) is 10.9 Å². The number of hydrogen-bond donors (Lipinski definition) is 2. The first-order valence-corrected chi connectivity index (χ1v) is 11.0. The normalized spacial score (nSPS) is 14.6. The quantitative estimate of drug-likeness (QED) is 0.340. The summed E-state index contributed by atoms with van der Waals surface area (Å²) in [5.74, 6) is -1.73. The van der Waals surface area contributed by atoms with E-state index in [9.17, 15) is 18.8 Å². The van der Waals surface area contributed by atoms with E-state index >= 15 is 0 Å². The van der Waals surface area contributed by atoms with Gasteiger partial charge in [-0.15, -0.1) is 0 Å². The lowest BCUT2D eigenvalue weighted by molar-refractivity contribution is -0.118. The summed E-state index contributed by atoms with van der Waals surface area (Å²) in [7, 11) is 0. The van der Waals surface area contributed by atoms with Crippen molar-refractivity contribution in [1.82, 2.24) is 9.99 Å². The van der Waals surface area contributed by atoms with E-state index in [-0.39, 0.29) is 18.0 Å². The first kappa shape index (κ1) is 22.1. The molecule has 0 spiro atoms. The van der Waals surface area contributed by atoms with Crippen LogP contribution in [0.2, 0.25) is 0 Å². The molecule has 0 saturated carbocycles. The molecule has 0 atom stereocenters. The van der Waals surface area contributed by atoms with Gasteiger partial charge in [-0.1, -0.05) is 42.5 Å². The number of benzene rings is 3. The average Bonchev–Trinajstić information content (AvgIpc) is 3.28. The third-order valence-corrected chi connectivity index (χ3v) is 5.88. The largest absolute Gasteiger partial charge is 0.335 e. The molecule has 0 bridgehead atoms. The van der Waals surface area contributed by atoms with Crippen molar-refractivity contribution in [3.05, 3.63) is 102 Å². The fourth-order valence-corrected chi connectivity index (χ4v) is 4.21. The van der Waals surface area contributed by atoms with Gasteiger partial charge in [0.2, 0.25) is 5.91 Å². The van der Waals surface area contributed by atoms with Gasteiger partial charge >= 0.3 is 0 Å². The van der Waals surface area contributed by atoms with E-state index in [1.54, 1.807) is 36.4 Å². The van der Waals surface area contributed by atoms with E-state index in [4.69, 9.17) is 0 Å². The Hall–Kier alpha value is -4.72. The van der Waals surface area contributed by atoms with E-state index in [1.807, 2.05) is 41.8 Å². The number of carbonyl (C=O) groups excluding carboxylic acids is 3. The molecule has 2 heterocycles. The first-order chi connectivity index (χ1) is 16.9. The predicted octanol–water partition coefficient (Wildman–Crippen LogP) is 4.19. The van der Waals surface area contributed by atoms with Crippen molar-refractivity contribution in [3.8, 4) is 0 Å². The minimum absolute atomic E-state index is 0.00377. The molecule has 0 radical (unpaired) electrons. The number of anilines is 2. The van der Waals surface area contributed by atoms with Crippen LogP contribution in [0.15, 0.2) is 84.4 Å². The molecule has 1 aliphatic rings. The van der Waals surface area contributed by atoms with Crippen LogP contribution in [0.5, 0.6) is 0 Å². The Balaban J connectivity index is 1.49. The van der Waals surface area contributed by atoms with Crippen molar-refractivity contribution in [3.63, 3.8) is 0 Å². The fraction of sp³-hybridized carbons (Fsp3) is 0.0741. The number of rotatable bonds is 5. The Labute approximate surface area is 200 Å². The summed E-state index contributed by atoms with van der Waals surface area (Å²) >= 11 is 0. The summed E-state index contributed by atoms with van der Waals surface area (Å²) in [6, 6.07) is 22.0. The minimum Gasteiger partial charge on any atom is -0.335 e. The number of fused-ring (bicyclic) bond motifs is 1. The number of nitrogens with one attached hydrogen (secondary N) is 2. The highest BCUT2D eigenvalue weighted by Gasteiger charge is 2.35. The van der Waals surface area contributed by atoms with Gasteiger partial charge in [0.05, 0.1) is 5.69 Å².